The van der Waals surface area contributed by atoms with Gasteiger partial charge < -0.3 is 9.88 Å². The van der Waals surface area contributed by atoms with E-state index in [-0.39, 0.29) is 0 Å². The zero-order valence-corrected chi connectivity index (χ0v) is 11.5. The quantitative estimate of drug-likeness (QED) is 0.776. The lowest BCUT2D eigenvalue weighted by atomic mass is 10.3. The number of para-hydroxylation sites is 2. The van der Waals surface area contributed by atoms with Crippen LogP contribution in [0.3, 0.4) is 0 Å². The Balaban J connectivity index is 1.90. The largest absolute Gasteiger partial charge is 0.353 e. The number of rotatable bonds is 5. The van der Waals surface area contributed by atoms with E-state index in [0.717, 1.165) is 29.4 Å². The summed E-state index contributed by atoms with van der Waals surface area (Å²) in [4.78, 5) is 4.69. The van der Waals surface area contributed by atoms with Gasteiger partial charge in [0.25, 0.3) is 0 Å². The summed E-state index contributed by atoms with van der Waals surface area (Å²) in [6.45, 7) is 3.83. The predicted molar refractivity (Wildman–Crippen MR) is 77.3 cm³/mol. The van der Waals surface area contributed by atoms with Crippen molar-refractivity contribution in [3.8, 4) is 0 Å². The molecule has 0 bridgehead atoms. The first-order valence-corrected chi connectivity index (χ1v) is 7.20. The SMILES string of the molecule is CCCn1c(CNc2nncs2)nc2ccccc21. The Labute approximate surface area is 115 Å². The van der Waals surface area contributed by atoms with Crippen molar-refractivity contribution in [3.63, 3.8) is 0 Å². The van der Waals surface area contributed by atoms with E-state index in [9.17, 15) is 0 Å². The minimum Gasteiger partial charge on any atom is -0.353 e. The molecule has 0 saturated heterocycles. The van der Waals surface area contributed by atoms with Gasteiger partial charge in [-0.25, -0.2) is 4.98 Å². The zero-order chi connectivity index (χ0) is 13.1. The highest BCUT2D eigenvalue weighted by atomic mass is 32.1. The van der Waals surface area contributed by atoms with Gasteiger partial charge in [0.2, 0.25) is 5.13 Å². The number of imidazole rings is 1. The molecule has 19 heavy (non-hydrogen) atoms. The number of aryl methyl sites for hydroxylation is 1. The Hall–Kier alpha value is -1.95. The number of hydrogen-bond acceptors (Lipinski definition) is 5. The number of hydrogen-bond donors (Lipinski definition) is 1. The molecule has 2 aromatic heterocycles. The molecule has 0 unspecified atom stereocenters. The van der Waals surface area contributed by atoms with E-state index in [1.54, 1.807) is 5.51 Å². The summed E-state index contributed by atoms with van der Waals surface area (Å²) in [7, 11) is 0. The van der Waals surface area contributed by atoms with Gasteiger partial charge in [-0.2, -0.15) is 0 Å². The third kappa shape index (κ3) is 2.44. The molecule has 1 N–H and O–H groups in total. The lowest BCUT2D eigenvalue weighted by Crippen LogP contribution is -2.08. The summed E-state index contributed by atoms with van der Waals surface area (Å²) in [5, 5.41) is 11.9. The molecule has 0 radical (unpaired) electrons. The Kier molecular flexibility index (Phi) is 3.41. The Morgan fingerprint density at radius 3 is 3.00 bits per heavy atom. The first kappa shape index (κ1) is 12.1. The second-order valence-electron chi connectivity index (χ2n) is 4.27. The van der Waals surface area contributed by atoms with Crippen LogP contribution in [0.4, 0.5) is 5.13 Å². The van der Waals surface area contributed by atoms with Crippen LogP contribution in [-0.2, 0) is 13.1 Å². The predicted octanol–water partition coefficient (Wildman–Crippen LogP) is 2.91. The van der Waals surface area contributed by atoms with Gasteiger partial charge in [-0.15, -0.1) is 10.2 Å². The van der Waals surface area contributed by atoms with Crippen molar-refractivity contribution in [2.45, 2.75) is 26.4 Å². The lowest BCUT2D eigenvalue weighted by Gasteiger charge is -2.07. The molecule has 0 amide bonds. The number of nitrogens with zero attached hydrogens (tertiary/aromatic N) is 4. The molecular formula is C13H15N5S. The van der Waals surface area contributed by atoms with Crippen LogP contribution in [0.15, 0.2) is 29.8 Å². The summed E-state index contributed by atoms with van der Waals surface area (Å²) >= 11 is 1.50. The van der Waals surface area contributed by atoms with Crippen molar-refractivity contribution in [2.75, 3.05) is 5.32 Å². The minimum atomic E-state index is 0.671. The normalized spacial score (nSPS) is 11.0. The van der Waals surface area contributed by atoms with Crippen molar-refractivity contribution < 1.29 is 0 Å². The van der Waals surface area contributed by atoms with Crippen molar-refractivity contribution in [2.24, 2.45) is 0 Å². The Bertz CT molecular complexity index is 659. The maximum Gasteiger partial charge on any atom is 0.205 e. The average molecular weight is 273 g/mol. The molecule has 0 fully saturated rings. The molecule has 5 nitrogen and oxygen atoms in total. The van der Waals surface area contributed by atoms with E-state index < -0.39 is 0 Å². The summed E-state index contributed by atoms with van der Waals surface area (Å²) in [6, 6.07) is 8.24. The second-order valence-corrected chi connectivity index (χ2v) is 5.10. The van der Waals surface area contributed by atoms with Crippen molar-refractivity contribution >= 4 is 27.5 Å². The fourth-order valence-electron chi connectivity index (χ4n) is 2.14. The molecule has 3 rings (SSSR count). The van der Waals surface area contributed by atoms with Crippen LogP contribution in [-0.4, -0.2) is 19.7 Å². The molecule has 0 atom stereocenters. The van der Waals surface area contributed by atoms with E-state index in [2.05, 4.69) is 50.2 Å². The zero-order valence-electron chi connectivity index (χ0n) is 10.7. The molecule has 0 aliphatic heterocycles. The maximum atomic E-state index is 4.69. The van der Waals surface area contributed by atoms with Gasteiger partial charge in [0.15, 0.2) is 0 Å². The van der Waals surface area contributed by atoms with Gasteiger partial charge in [-0.3, -0.25) is 0 Å². The minimum absolute atomic E-state index is 0.671. The van der Waals surface area contributed by atoms with Crippen LogP contribution in [0, 0.1) is 0 Å². The van der Waals surface area contributed by atoms with Gasteiger partial charge in [0.1, 0.15) is 11.3 Å². The molecule has 0 aliphatic carbocycles. The number of nitrogens with one attached hydrogen (secondary N) is 1. The highest BCUT2D eigenvalue weighted by Gasteiger charge is 2.09. The number of aromatic nitrogens is 4. The van der Waals surface area contributed by atoms with E-state index in [0.29, 0.717) is 6.54 Å². The first-order valence-electron chi connectivity index (χ1n) is 6.32. The van der Waals surface area contributed by atoms with Crippen LogP contribution in [0.2, 0.25) is 0 Å². The topological polar surface area (TPSA) is 55.6 Å². The highest BCUT2D eigenvalue weighted by Crippen LogP contribution is 2.18. The monoisotopic (exact) mass is 273 g/mol. The van der Waals surface area contributed by atoms with Crippen LogP contribution in [0.25, 0.3) is 11.0 Å². The van der Waals surface area contributed by atoms with Gasteiger partial charge in [0.05, 0.1) is 17.6 Å². The van der Waals surface area contributed by atoms with Gasteiger partial charge in [0, 0.05) is 6.54 Å². The van der Waals surface area contributed by atoms with Gasteiger partial charge >= 0.3 is 0 Å². The molecule has 3 aromatic rings. The molecule has 2 heterocycles. The summed E-state index contributed by atoms with van der Waals surface area (Å²) in [6.07, 6.45) is 1.09. The van der Waals surface area contributed by atoms with Gasteiger partial charge in [-0.1, -0.05) is 30.4 Å². The number of anilines is 1. The van der Waals surface area contributed by atoms with Crippen molar-refractivity contribution in [1.82, 2.24) is 19.7 Å². The molecule has 0 saturated carbocycles. The third-order valence-corrected chi connectivity index (χ3v) is 3.59. The van der Waals surface area contributed by atoms with E-state index >= 15 is 0 Å². The van der Waals surface area contributed by atoms with Crippen LogP contribution in [0.5, 0.6) is 0 Å². The Morgan fingerprint density at radius 2 is 2.21 bits per heavy atom. The van der Waals surface area contributed by atoms with E-state index in [4.69, 9.17) is 0 Å². The fourth-order valence-corrected chi connectivity index (χ4v) is 2.58. The number of benzene rings is 1. The summed E-state index contributed by atoms with van der Waals surface area (Å²) in [5.41, 5.74) is 3.96. The standard InChI is InChI=1S/C13H15N5S/c1-2-7-18-11-6-4-3-5-10(11)16-12(18)8-14-13-17-15-9-19-13/h3-6,9H,2,7-8H2,1H3,(H,14,17). The third-order valence-electron chi connectivity index (χ3n) is 2.94. The lowest BCUT2D eigenvalue weighted by molar-refractivity contribution is 0.661. The van der Waals surface area contributed by atoms with Crippen molar-refractivity contribution in [3.05, 3.63) is 35.6 Å². The van der Waals surface area contributed by atoms with Crippen molar-refractivity contribution in [1.29, 1.82) is 0 Å². The van der Waals surface area contributed by atoms with Crippen LogP contribution >= 0.6 is 11.3 Å². The van der Waals surface area contributed by atoms with Crippen LogP contribution < -0.4 is 5.32 Å². The summed E-state index contributed by atoms with van der Waals surface area (Å²) < 4.78 is 2.27. The number of fused-ring (bicyclic) bond motifs is 1. The highest BCUT2D eigenvalue weighted by molar-refractivity contribution is 7.13. The first-order chi connectivity index (χ1) is 9.38. The molecule has 98 valence electrons. The smallest absolute Gasteiger partial charge is 0.205 e. The molecule has 6 heteroatoms. The average Bonchev–Trinajstić information content (AvgIpc) is 3.05. The Morgan fingerprint density at radius 1 is 1.32 bits per heavy atom. The fraction of sp³-hybridized carbons (Fsp3) is 0.308. The second kappa shape index (κ2) is 5.36. The molecule has 1 aromatic carbocycles. The van der Waals surface area contributed by atoms with Crippen LogP contribution in [0.1, 0.15) is 19.2 Å². The van der Waals surface area contributed by atoms with Gasteiger partial charge in [-0.05, 0) is 18.6 Å². The van der Waals surface area contributed by atoms with E-state index in [1.807, 2.05) is 6.07 Å². The molecule has 0 spiro atoms. The molecular weight excluding hydrogens is 258 g/mol. The summed E-state index contributed by atoms with van der Waals surface area (Å²) in [5.74, 6) is 1.04. The van der Waals surface area contributed by atoms with E-state index in [1.165, 1.54) is 16.9 Å². The molecule has 0 aliphatic rings. The maximum absolute atomic E-state index is 4.69.